The first-order chi connectivity index (χ1) is 20.0. The summed E-state index contributed by atoms with van der Waals surface area (Å²) in [7, 11) is -2.16. The molecule has 0 atom stereocenters. The largest absolute Gasteiger partial charge is 0.340 e. The number of hydrogen-bond acceptors (Lipinski definition) is 1. The number of aromatic nitrogens is 2. The van der Waals surface area contributed by atoms with Crippen LogP contribution < -0.4 is 26.8 Å². The van der Waals surface area contributed by atoms with Gasteiger partial charge in [0.25, 0.3) is 0 Å². The summed E-state index contributed by atoms with van der Waals surface area (Å²) in [5.74, 6) is -0.497. The van der Waals surface area contributed by atoms with Crippen molar-refractivity contribution in [3.05, 3.63) is 170 Å². The van der Waals surface area contributed by atoms with Gasteiger partial charge in [0, 0.05) is 18.6 Å². The zero-order valence-corrected chi connectivity index (χ0v) is 23.9. The van der Waals surface area contributed by atoms with Crippen LogP contribution in [-0.4, -0.2) is 24.3 Å². The first kappa shape index (κ1) is 28.0. The van der Waals surface area contributed by atoms with Crippen molar-refractivity contribution >= 4 is 41.5 Å². The molecule has 0 amide bonds. The zero-order valence-electron chi connectivity index (χ0n) is 22.9. The van der Waals surface area contributed by atoms with E-state index >= 15 is 0 Å². The molecule has 41 heavy (non-hydrogen) atoms. The highest BCUT2D eigenvalue weighted by Crippen LogP contribution is 2.11. The van der Waals surface area contributed by atoms with Crippen LogP contribution in [0.2, 0.25) is 6.55 Å². The number of rotatable bonds is 7. The fourth-order valence-electron chi connectivity index (χ4n) is 5.24. The summed E-state index contributed by atoms with van der Waals surface area (Å²) in [4.78, 5) is 4.09. The van der Waals surface area contributed by atoms with Gasteiger partial charge in [-0.05, 0) is 24.3 Å². The number of nitrogens with zero attached hydrogens (tertiary/aromatic N) is 2. The minimum absolute atomic E-state index is 0.248. The lowest BCUT2D eigenvalue weighted by molar-refractivity contribution is 0.628. The minimum Gasteiger partial charge on any atom is -0.340 e. The van der Waals surface area contributed by atoms with Gasteiger partial charge in [0.15, 0.2) is 0 Å². The molecule has 0 N–H and O–H groups in total. The van der Waals surface area contributed by atoms with Crippen molar-refractivity contribution < 1.29 is 8.78 Å². The van der Waals surface area contributed by atoms with Crippen molar-refractivity contribution in [3.63, 3.8) is 0 Å². The van der Waals surface area contributed by atoms with Crippen LogP contribution in [0.3, 0.4) is 0 Å². The van der Waals surface area contributed by atoms with Crippen LogP contribution in [0.1, 0.15) is 0 Å². The van der Waals surface area contributed by atoms with Crippen molar-refractivity contribution in [3.8, 4) is 0 Å². The Morgan fingerprint density at radius 1 is 0.585 bits per heavy atom. The SMILES string of the molecule is C[Si](Cn1ccnc1)(c1ccc(F)cc1)c1ccc(F)cc1.c1ccc(B(c2ccccc2)c2ccccc2)cc1. The predicted octanol–water partition coefficient (Wildman–Crippen LogP) is 4.80. The molecule has 0 fully saturated rings. The molecule has 6 rings (SSSR count). The maximum Gasteiger partial charge on any atom is 0.241 e. The van der Waals surface area contributed by atoms with Crippen molar-refractivity contribution in [1.29, 1.82) is 0 Å². The van der Waals surface area contributed by atoms with E-state index in [1.165, 1.54) is 40.7 Å². The predicted molar refractivity (Wildman–Crippen MR) is 170 cm³/mol. The fourth-order valence-corrected chi connectivity index (χ4v) is 8.66. The summed E-state index contributed by atoms with van der Waals surface area (Å²) in [5.41, 5.74) is 4.00. The maximum atomic E-state index is 13.3. The highest BCUT2D eigenvalue weighted by Gasteiger charge is 2.32. The van der Waals surface area contributed by atoms with Crippen molar-refractivity contribution in [2.45, 2.75) is 12.7 Å². The van der Waals surface area contributed by atoms with Crippen molar-refractivity contribution in [2.24, 2.45) is 0 Å². The topological polar surface area (TPSA) is 17.8 Å². The molecule has 2 nitrogen and oxygen atoms in total. The lowest BCUT2D eigenvalue weighted by Gasteiger charge is -2.29. The van der Waals surface area contributed by atoms with Gasteiger partial charge in [-0.25, -0.2) is 13.8 Å². The molecular weight excluding hydrogens is 525 g/mol. The number of imidazole rings is 1. The smallest absolute Gasteiger partial charge is 0.241 e. The Morgan fingerprint density at radius 3 is 1.32 bits per heavy atom. The molecule has 0 radical (unpaired) electrons. The van der Waals surface area contributed by atoms with E-state index in [-0.39, 0.29) is 11.6 Å². The molecule has 0 saturated carbocycles. The van der Waals surface area contributed by atoms with E-state index in [0.717, 1.165) is 16.5 Å². The highest BCUT2D eigenvalue weighted by atomic mass is 28.3. The Bertz CT molecular complexity index is 1470. The summed E-state index contributed by atoms with van der Waals surface area (Å²) < 4.78 is 28.5. The Kier molecular flexibility index (Phi) is 9.02. The molecule has 0 aliphatic carbocycles. The van der Waals surface area contributed by atoms with Crippen molar-refractivity contribution in [1.82, 2.24) is 9.55 Å². The standard InChI is InChI=1S/C18H15B.C17H16F2N2Si/c1-4-10-16(11-5-1)19(17-12-6-2-7-13-17)18-14-8-3-9-15-18;1-22(13-21-11-10-20-12-21,16-6-2-14(18)3-7-16)17-8-4-15(19)5-9-17/h1-15H;2-12H,13H2,1H3. The second-order valence-electron chi connectivity index (χ2n) is 10.2. The summed E-state index contributed by atoms with van der Waals surface area (Å²) in [6.45, 7) is 2.51. The summed E-state index contributed by atoms with van der Waals surface area (Å²) in [6, 6.07) is 45.3. The Balaban J connectivity index is 0.000000166. The second-order valence-corrected chi connectivity index (χ2v) is 14.4. The molecule has 6 aromatic rings. The molecule has 0 saturated heterocycles. The van der Waals surface area contributed by atoms with Crippen molar-refractivity contribution in [2.75, 3.05) is 0 Å². The number of halogens is 2. The molecule has 202 valence electrons. The van der Waals surface area contributed by atoms with Gasteiger partial charge in [-0.1, -0.05) is 149 Å². The molecule has 1 heterocycles. The van der Waals surface area contributed by atoms with Gasteiger partial charge in [0.1, 0.15) is 19.7 Å². The molecule has 0 spiro atoms. The fraction of sp³-hybridized carbons (Fsp3) is 0.0571. The molecule has 1 aromatic heterocycles. The van der Waals surface area contributed by atoms with E-state index in [4.69, 9.17) is 0 Å². The monoisotopic (exact) mass is 556 g/mol. The summed E-state index contributed by atoms with van der Waals surface area (Å²) in [6.07, 6.45) is 6.20. The molecule has 0 unspecified atom stereocenters. The third-order valence-corrected chi connectivity index (χ3v) is 11.6. The normalized spacial score (nSPS) is 10.9. The van der Waals surface area contributed by atoms with Gasteiger partial charge >= 0.3 is 0 Å². The van der Waals surface area contributed by atoms with Gasteiger partial charge in [-0.3, -0.25) is 0 Å². The Hall–Kier alpha value is -4.55. The average molecular weight is 557 g/mol. The molecule has 0 aliphatic rings. The molecule has 0 aliphatic heterocycles. The van der Waals surface area contributed by atoms with Gasteiger partial charge in [0.2, 0.25) is 6.71 Å². The average Bonchev–Trinajstić information content (AvgIpc) is 3.53. The maximum absolute atomic E-state index is 13.3. The summed E-state index contributed by atoms with van der Waals surface area (Å²) >= 11 is 0. The van der Waals surface area contributed by atoms with E-state index in [1.54, 1.807) is 12.5 Å². The van der Waals surface area contributed by atoms with E-state index < -0.39 is 8.07 Å². The van der Waals surface area contributed by atoms with E-state index in [1.807, 2.05) is 35.0 Å². The van der Waals surface area contributed by atoms with Crippen LogP contribution in [0.4, 0.5) is 8.78 Å². The van der Waals surface area contributed by atoms with E-state index in [0.29, 0.717) is 6.71 Å². The lowest BCUT2D eigenvalue weighted by atomic mass is 9.37. The van der Waals surface area contributed by atoms with Gasteiger partial charge in [-0.15, -0.1) is 0 Å². The third-order valence-electron chi connectivity index (χ3n) is 7.42. The molecular formula is C35H31BF2N2Si. The van der Waals surface area contributed by atoms with E-state index in [2.05, 4.69) is 103 Å². The van der Waals surface area contributed by atoms with Gasteiger partial charge in [0.05, 0.1) is 6.33 Å². The molecule has 5 aromatic carbocycles. The van der Waals surface area contributed by atoms with Crippen LogP contribution in [-0.2, 0) is 6.17 Å². The molecule has 0 bridgehead atoms. The van der Waals surface area contributed by atoms with Crippen LogP contribution in [0.25, 0.3) is 0 Å². The van der Waals surface area contributed by atoms with Gasteiger partial charge < -0.3 is 4.57 Å². The Morgan fingerprint density at radius 2 is 0.976 bits per heavy atom. The van der Waals surface area contributed by atoms with Gasteiger partial charge in [-0.2, -0.15) is 0 Å². The van der Waals surface area contributed by atoms with Crippen LogP contribution in [0.5, 0.6) is 0 Å². The number of hydrogen-bond donors (Lipinski definition) is 0. The second kappa shape index (κ2) is 13.2. The minimum atomic E-state index is -2.16. The van der Waals surface area contributed by atoms with Crippen LogP contribution >= 0.6 is 0 Å². The van der Waals surface area contributed by atoms with E-state index in [9.17, 15) is 8.78 Å². The van der Waals surface area contributed by atoms with Crippen LogP contribution in [0, 0.1) is 11.6 Å². The number of benzene rings is 5. The molecule has 6 heteroatoms. The summed E-state index contributed by atoms with van der Waals surface area (Å²) in [5, 5.41) is 2.21. The first-order valence-electron chi connectivity index (χ1n) is 13.7. The zero-order chi connectivity index (χ0) is 28.5. The first-order valence-corrected chi connectivity index (χ1v) is 16.4. The highest BCUT2D eigenvalue weighted by molar-refractivity contribution is 7.00. The lowest BCUT2D eigenvalue weighted by Crippen LogP contribution is -2.58. The third kappa shape index (κ3) is 6.97. The van der Waals surface area contributed by atoms with Crippen LogP contribution in [0.15, 0.2) is 158 Å². The Labute approximate surface area is 242 Å². The quantitative estimate of drug-likeness (QED) is 0.259.